The first kappa shape index (κ1) is 14.3. The fourth-order valence-corrected chi connectivity index (χ4v) is 0.0577. The smallest absolute Gasteiger partial charge is 0.264 e. The highest BCUT2D eigenvalue weighted by atomic mass is 32.2. The van der Waals surface area contributed by atoms with E-state index >= 15 is 0 Å². The summed E-state index contributed by atoms with van der Waals surface area (Å²) in [5.74, 6) is -0.201. The van der Waals surface area contributed by atoms with Gasteiger partial charge in [0.15, 0.2) is 0 Å². The summed E-state index contributed by atoms with van der Waals surface area (Å²) < 4.78 is 26.9. The molecule has 5 N–H and O–H groups in total. The summed E-state index contributed by atoms with van der Waals surface area (Å²) in [7, 11) is -3.66. The number of hydrogen-bond acceptors (Lipinski definition) is 5. The van der Waals surface area contributed by atoms with Crippen molar-refractivity contribution >= 4 is 10.1 Å². The van der Waals surface area contributed by atoms with Crippen LogP contribution in [0, 0.1) is 0 Å². The van der Waals surface area contributed by atoms with Gasteiger partial charge in [-0.1, -0.05) is 0 Å². The maximum Gasteiger partial charge on any atom is 0.264 e. The molecule has 12 heavy (non-hydrogen) atoms. The molecule has 7 heteroatoms. The Morgan fingerprint density at radius 3 is 1.58 bits per heavy atom. The van der Waals surface area contributed by atoms with E-state index in [1.165, 1.54) is 6.92 Å². The zero-order chi connectivity index (χ0) is 10.2. The van der Waals surface area contributed by atoms with Crippen LogP contribution in [-0.4, -0.2) is 48.2 Å². The minimum atomic E-state index is -3.66. The van der Waals surface area contributed by atoms with Crippen molar-refractivity contribution in [3.8, 4) is 0 Å². The van der Waals surface area contributed by atoms with Crippen LogP contribution in [0.15, 0.2) is 0 Å². The molecule has 0 saturated carbocycles. The first-order valence-corrected chi connectivity index (χ1v) is 4.90. The monoisotopic (exact) mass is 201 g/mol. The molecule has 0 fully saturated rings. The molecule has 0 aliphatic rings. The van der Waals surface area contributed by atoms with Gasteiger partial charge < -0.3 is 15.9 Å². The maximum atomic E-state index is 9.56. The highest BCUT2D eigenvalue weighted by molar-refractivity contribution is 7.85. The van der Waals surface area contributed by atoms with E-state index < -0.39 is 16.2 Å². The zero-order valence-electron chi connectivity index (χ0n) is 6.84. The summed E-state index contributed by atoms with van der Waals surface area (Å²) in [5, 5.41) is 16.1. The quantitative estimate of drug-likeness (QED) is 0.399. The predicted molar refractivity (Wildman–Crippen MR) is 44.2 cm³/mol. The van der Waals surface area contributed by atoms with Crippen molar-refractivity contribution in [1.29, 1.82) is 0 Å². The van der Waals surface area contributed by atoms with Gasteiger partial charge in [-0.2, -0.15) is 8.42 Å². The van der Waals surface area contributed by atoms with Crippen LogP contribution in [0.25, 0.3) is 0 Å². The second kappa shape index (κ2) is 7.44. The number of nitrogens with two attached hydrogens (primary N) is 1. The molecule has 0 aliphatic carbocycles. The highest BCUT2D eigenvalue weighted by Crippen LogP contribution is 1.74. The lowest BCUT2D eigenvalue weighted by molar-refractivity contribution is 0.194. The fraction of sp³-hybridized carbons (Fsp3) is 1.00. The molecule has 0 radical (unpaired) electrons. The largest absolute Gasteiger partial charge is 0.395 e. The molecule has 6 nitrogen and oxygen atoms in total. The Kier molecular flexibility index (Phi) is 8.88. The molecule has 0 aromatic heterocycles. The molecule has 0 unspecified atom stereocenters. The van der Waals surface area contributed by atoms with Crippen molar-refractivity contribution in [3.63, 3.8) is 0 Å². The molecular weight excluding hydrogens is 186 g/mol. The van der Waals surface area contributed by atoms with Gasteiger partial charge in [-0.3, -0.25) is 4.55 Å². The number of aliphatic hydroxyl groups excluding tert-OH is 2. The topological polar surface area (TPSA) is 121 Å². The molecular formula is C5H15NO5S. The Bertz CT molecular complexity index is 174. The molecule has 0 aliphatic heterocycles. The Labute approximate surface area is 71.8 Å². The lowest BCUT2D eigenvalue weighted by Gasteiger charge is -1.98. The number of hydrogen-bond donors (Lipinski definition) is 4. The van der Waals surface area contributed by atoms with Crippen LogP contribution in [0.4, 0.5) is 0 Å². The zero-order valence-corrected chi connectivity index (χ0v) is 7.66. The van der Waals surface area contributed by atoms with E-state index in [0.717, 1.165) is 0 Å². The van der Waals surface area contributed by atoms with Crippen LogP contribution >= 0.6 is 0 Å². The van der Waals surface area contributed by atoms with Crippen molar-refractivity contribution in [2.75, 3.05) is 19.0 Å². The van der Waals surface area contributed by atoms with Crippen molar-refractivity contribution in [2.45, 2.75) is 13.0 Å². The van der Waals surface area contributed by atoms with Gasteiger partial charge >= 0.3 is 0 Å². The first-order valence-electron chi connectivity index (χ1n) is 3.29. The molecule has 0 heterocycles. The third kappa shape index (κ3) is 16.4. The minimum absolute atomic E-state index is 0.142. The van der Waals surface area contributed by atoms with E-state index in [2.05, 4.69) is 0 Å². The van der Waals surface area contributed by atoms with Crippen LogP contribution in [0.5, 0.6) is 0 Å². The van der Waals surface area contributed by atoms with E-state index in [4.69, 9.17) is 20.5 Å². The summed E-state index contributed by atoms with van der Waals surface area (Å²) in [4.78, 5) is 0. The molecule has 0 atom stereocenters. The van der Waals surface area contributed by atoms with Gasteiger partial charge in [-0.05, 0) is 6.92 Å². The number of aliphatic hydroxyl groups is 2. The van der Waals surface area contributed by atoms with E-state index in [1.807, 2.05) is 0 Å². The lowest BCUT2D eigenvalue weighted by atomic mass is 10.4. The molecule has 0 aromatic carbocycles. The molecule has 0 spiro atoms. The average Bonchev–Trinajstić information content (AvgIpc) is 2.03. The summed E-state index contributed by atoms with van der Waals surface area (Å²) >= 11 is 0. The van der Waals surface area contributed by atoms with Crippen LogP contribution in [0.2, 0.25) is 0 Å². The van der Waals surface area contributed by atoms with Crippen LogP contribution in [0.1, 0.15) is 6.92 Å². The molecule has 0 saturated heterocycles. The van der Waals surface area contributed by atoms with E-state index in [0.29, 0.717) is 0 Å². The van der Waals surface area contributed by atoms with E-state index in [1.54, 1.807) is 0 Å². The predicted octanol–water partition coefficient (Wildman–Crippen LogP) is -1.81. The summed E-state index contributed by atoms with van der Waals surface area (Å²) in [6.45, 7) is 1.09. The van der Waals surface area contributed by atoms with Crippen molar-refractivity contribution in [1.82, 2.24) is 0 Å². The third-order valence-electron chi connectivity index (χ3n) is 0.834. The van der Waals surface area contributed by atoms with Gasteiger partial charge in [0.05, 0.1) is 25.0 Å². The summed E-state index contributed by atoms with van der Waals surface area (Å²) in [6.07, 6.45) is 0. The standard InChI is InChI=1S/C3H9NO2.C2H6O3S/c4-3(1-5)2-6;1-2-6(3,4)5/h3,5-6H,1-2,4H2;2H2,1H3,(H,3,4,5). The molecule has 0 bridgehead atoms. The van der Waals surface area contributed by atoms with Gasteiger partial charge in [0.25, 0.3) is 10.1 Å². The SMILES string of the molecule is CCS(=O)(=O)O.NC(CO)CO. The summed E-state index contributed by atoms with van der Waals surface area (Å²) in [6, 6.07) is -0.454. The highest BCUT2D eigenvalue weighted by Gasteiger charge is 1.93. The van der Waals surface area contributed by atoms with Gasteiger partial charge in [0.2, 0.25) is 0 Å². The van der Waals surface area contributed by atoms with E-state index in [9.17, 15) is 8.42 Å². The van der Waals surface area contributed by atoms with Gasteiger partial charge in [0.1, 0.15) is 0 Å². The Balaban J connectivity index is 0. The van der Waals surface area contributed by atoms with Crippen LogP contribution in [0.3, 0.4) is 0 Å². The van der Waals surface area contributed by atoms with Crippen LogP contribution in [-0.2, 0) is 10.1 Å². The average molecular weight is 201 g/mol. The first-order chi connectivity index (χ1) is 5.37. The number of rotatable bonds is 3. The maximum absolute atomic E-state index is 9.56. The van der Waals surface area contributed by atoms with E-state index in [-0.39, 0.29) is 19.0 Å². The Morgan fingerprint density at radius 1 is 1.33 bits per heavy atom. The lowest BCUT2D eigenvalue weighted by Crippen LogP contribution is -2.27. The fourth-order valence-electron chi connectivity index (χ4n) is 0.0577. The molecule has 0 amide bonds. The van der Waals surface area contributed by atoms with Crippen molar-refractivity contribution in [2.24, 2.45) is 5.73 Å². The minimum Gasteiger partial charge on any atom is -0.395 e. The second-order valence-corrected chi connectivity index (χ2v) is 3.74. The Morgan fingerprint density at radius 2 is 1.58 bits per heavy atom. The van der Waals surface area contributed by atoms with Gasteiger partial charge in [-0.15, -0.1) is 0 Å². The van der Waals surface area contributed by atoms with Crippen molar-refractivity contribution < 1.29 is 23.2 Å². The van der Waals surface area contributed by atoms with Crippen LogP contribution < -0.4 is 5.73 Å². The summed E-state index contributed by atoms with van der Waals surface area (Å²) in [5.41, 5.74) is 4.97. The molecule has 0 aromatic rings. The Hall–Kier alpha value is -0.210. The van der Waals surface area contributed by atoms with Gasteiger partial charge in [-0.25, -0.2) is 0 Å². The molecule has 0 rings (SSSR count). The normalized spacial score (nSPS) is 10.8. The van der Waals surface area contributed by atoms with Gasteiger partial charge in [0, 0.05) is 0 Å². The molecule has 76 valence electrons. The second-order valence-electron chi connectivity index (χ2n) is 2.00. The van der Waals surface area contributed by atoms with Crippen molar-refractivity contribution in [3.05, 3.63) is 0 Å². The third-order valence-corrected chi connectivity index (χ3v) is 1.56.